The molecule has 0 aromatic heterocycles. The van der Waals surface area contributed by atoms with E-state index in [2.05, 4.69) is 20.3 Å². The Morgan fingerprint density at radius 3 is 2.00 bits per heavy atom. The van der Waals surface area contributed by atoms with Crippen molar-refractivity contribution in [2.75, 3.05) is 11.5 Å². The van der Waals surface area contributed by atoms with E-state index >= 15 is 0 Å². The molecule has 1 rings (SSSR count). The van der Waals surface area contributed by atoms with E-state index in [4.69, 9.17) is 0 Å². The van der Waals surface area contributed by atoms with Crippen molar-refractivity contribution in [3.05, 3.63) is 6.42 Å². The predicted molar refractivity (Wildman–Crippen MR) is 38.9 cm³/mol. The molecule has 1 heteroatoms. The highest BCUT2D eigenvalue weighted by Crippen LogP contribution is 2.25. The van der Waals surface area contributed by atoms with E-state index in [1.165, 1.54) is 11.5 Å². The maximum absolute atomic E-state index is 3.46. The van der Waals surface area contributed by atoms with Gasteiger partial charge in [-0.15, -0.1) is 0 Å². The SMILES string of the molecule is CC1[C]C(C)CSC1. The van der Waals surface area contributed by atoms with E-state index < -0.39 is 0 Å². The molecule has 2 radical (unpaired) electrons. The van der Waals surface area contributed by atoms with Crippen LogP contribution in [0.4, 0.5) is 0 Å². The molecule has 8 heavy (non-hydrogen) atoms. The molecule has 0 aromatic carbocycles. The summed E-state index contributed by atoms with van der Waals surface area (Å²) in [5.41, 5.74) is 0. The molecule has 0 aromatic rings. The van der Waals surface area contributed by atoms with Gasteiger partial charge in [-0.25, -0.2) is 0 Å². The molecule has 1 aliphatic heterocycles. The van der Waals surface area contributed by atoms with Gasteiger partial charge in [0.05, 0.1) is 0 Å². The fourth-order valence-electron chi connectivity index (χ4n) is 1.00. The van der Waals surface area contributed by atoms with Gasteiger partial charge in [-0.2, -0.15) is 11.8 Å². The second-order valence-electron chi connectivity index (χ2n) is 2.51. The van der Waals surface area contributed by atoms with E-state index in [1.807, 2.05) is 11.8 Å². The van der Waals surface area contributed by atoms with Gasteiger partial charge in [-0.05, 0) is 29.8 Å². The fourth-order valence-corrected chi connectivity index (χ4v) is 2.04. The van der Waals surface area contributed by atoms with Crippen LogP contribution in [0.2, 0.25) is 0 Å². The summed E-state index contributed by atoms with van der Waals surface area (Å²) < 4.78 is 0. The van der Waals surface area contributed by atoms with Crippen LogP contribution >= 0.6 is 11.8 Å². The van der Waals surface area contributed by atoms with Crippen LogP contribution in [0.15, 0.2) is 0 Å². The first-order chi connectivity index (χ1) is 3.79. The first-order valence-corrected chi connectivity index (χ1v) is 4.28. The molecule has 2 atom stereocenters. The van der Waals surface area contributed by atoms with Gasteiger partial charge >= 0.3 is 0 Å². The molecule has 1 heterocycles. The molecule has 0 bridgehead atoms. The van der Waals surface area contributed by atoms with Gasteiger partial charge in [0.2, 0.25) is 0 Å². The third-order valence-electron chi connectivity index (χ3n) is 1.30. The lowest BCUT2D eigenvalue weighted by Gasteiger charge is -2.21. The summed E-state index contributed by atoms with van der Waals surface area (Å²) in [6, 6.07) is 0. The minimum Gasteiger partial charge on any atom is -0.161 e. The summed E-state index contributed by atoms with van der Waals surface area (Å²) in [7, 11) is 0. The van der Waals surface area contributed by atoms with Crippen LogP contribution in [-0.4, -0.2) is 11.5 Å². The monoisotopic (exact) mass is 128 g/mol. The van der Waals surface area contributed by atoms with Crippen LogP contribution in [0.1, 0.15) is 13.8 Å². The van der Waals surface area contributed by atoms with E-state index in [9.17, 15) is 0 Å². The summed E-state index contributed by atoms with van der Waals surface area (Å²) in [4.78, 5) is 0. The highest BCUT2D eigenvalue weighted by Gasteiger charge is 2.14. The average Bonchev–Trinajstić information content (AvgIpc) is 1.64. The Morgan fingerprint density at radius 1 is 1.25 bits per heavy atom. The topological polar surface area (TPSA) is 0 Å². The largest absolute Gasteiger partial charge is 0.161 e. The Hall–Kier alpha value is 0.350. The van der Waals surface area contributed by atoms with Gasteiger partial charge in [0, 0.05) is 0 Å². The molecule has 0 saturated carbocycles. The van der Waals surface area contributed by atoms with Crippen LogP contribution in [0, 0.1) is 18.3 Å². The molecule has 0 aliphatic carbocycles. The van der Waals surface area contributed by atoms with Gasteiger partial charge in [0.25, 0.3) is 0 Å². The van der Waals surface area contributed by atoms with Crippen molar-refractivity contribution in [2.24, 2.45) is 11.8 Å². The van der Waals surface area contributed by atoms with Crippen LogP contribution in [0.25, 0.3) is 0 Å². The Kier molecular flexibility index (Phi) is 2.24. The lowest BCUT2D eigenvalue weighted by molar-refractivity contribution is 0.609. The normalized spacial score (nSPS) is 39.8. The second kappa shape index (κ2) is 2.77. The molecule has 0 nitrogen and oxygen atoms in total. The maximum atomic E-state index is 3.46. The van der Waals surface area contributed by atoms with Crippen molar-refractivity contribution < 1.29 is 0 Å². The summed E-state index contributed by atoms with van der Waals surface area (Å²) in [6.45, 7) is 4.48. The highest BCUT2D eigenvalue weighted by atomic mass is 32.2. The van der Waals surface area contributed by atoms with Gasteiger partial charge in [-0.1, -0.05) is 13.8 Å². The van der Waals surface area contributed by atoms with Crippen LogP contribution in [-0.2, 0) is 0 Å². The summed E-state index contributed by atoms with van der Waals surface area (Å²) in [5, 5.41) is 0. The zero-order chi connectivity index (χ0) is 5.98. The van der Waals surface area contributed by atoms with Crippen molar-refractivity contribution in [3.8, 4) is 0 Å². The van der Waals surface area contributed by atoms with Crippen LogP contribution < -0.4 is 0 Å². The van der Waals surface area contributed by atoms with Crippen molar-refractivity contribution in [1.29, 1.82) is 0 Å². The minimum atomic E-state index is 0.726. The van der Waals surface area contributed by atoms with Crippen molar-refractivity contribution in [3.63, 3.8) is 0 Å². The third-order valence-corrected chi connectivity index (χ3v) is 2.78. The Labute approximate surface area is 56.0 Å². The quantitative estimate of drug-likeness (QED) is 0.481. The van der Waals surface area contributed by atoms with Gasteiger partial charge in [-0.3, -0.25) is 0 Å². The summed E-state index contributed by atoms with van der Waals surface area (Å²) in [6.07, 6.45) is 3.46. The molecule has 1 fully saturated rings. The summed E-state index contributed by atoms with van der Waals surface area (Å²) in [5.74, 6) is 4.02. The molecule has 46 valence electrons. The van der Waals surface area contributed by atoms with E-state index in [0.29, 0.717) is 0 Å². The van der Waals surface area contributed by atoms with Crippen LogP contribution in [0.5, 0.6) is 0 Å². The second-order valence-corrected chi connectivity index (χ2v) is 3.58. The Balaban J connectivity index is 2.23. The number of thioether (sulfide) groups is 1. The Bertz CT molecular complexity index is 62.8. The van der Waals surface area contributed by atoms with Gasteiger partial charge in [0.15, 0.2) is 0 Å². The first-order valence-electron chi connectivity index (χ1n) is 3.13. The lowest BCUT2D eigenvalue weighted by Crippen LogP contribution is -2.15. The first kappa shape index (κ1) is 6.47. The maximum Gasteiger partial charge on any atom is -0.00358 e. The zero-order valence-corrected chi connectivity index (χ0v) is 6.29. The van der Waals surface area contributed by atoms with Gasteiger partial charge < -0.3 is 0 Å². The van der Waals surface area contributed by atoms with E-state index in [-0.39, 0.29) is 0 Å². The zero-order valence-electron chi connectivity index (χ0n) is 5.48. The average molecular weight is 128 g/mol. The van der Waals surface area contributed by atoms with Crippen molar-refractivity contribution >= 4 is 11.8 Å². The summed E-state index contributed by atoms with van der Waals surface area (Å²) >= 11 is 2.05. The third kappa shape index (κ3) is 1.70. The van der Waals surface area contributed by atoms with Crippen molar-refractivity contribution in [1.82, 2.24) is 0 Å². The van der Waals surface area contributed by atoms with Crippen LogP contribution in [0.3, 0.4) is 0 Å². The molecule has 2 unspecified atom stereocenters. The molecule has 0 N–H and O–H groups in total. The molecule has 0 spiro atoms. The number of hydrogen-bond acceptors (Lipinski definition) is 1. The number of rotatable bonds is 0. The minimum absolute atomic E-state index is 0.726. The smallest absolute Gasteiger partial charge is 0.00358 e. The van der Waals surface area contributed by atoms with E-state index in [0.717, 1.165) is 11.8 Å². The molecule has 1 aliphatic rings. The van der Waals surface area contributed by atoms with Gasteiger partial charge in [0.1, 0.15) is 0 Å². The number of hydrogen-bond donors (Lipinski definition) is 0. The predicted octanol–water partition coefficient (Wildman–Crippen LogP) is 2.09. The molecular weight excluding hydrogens is 116 g/mol. The standard InChI is InChI=1S/C7H12S/c1-6-3-7(2)5-8-4-6/h6-7H,4-5H2,1-2H3. The fraction of sp³-hybridized carbons (Fsp3) is 0.857. The molecular formula is C7H12S. The van der Waals surface area contributed by atoms with Crippen molar-refractivity contribution in [2.45, 2.75) is 13.8 Å². The molecule has 0 amide bonds. The lowest BCUT2D eigenvalue weighted by atomic mass is 10.0. The Morgan fingerprint density at radius 2 is 1.75 bits per heavy atom. The highest BCUT2D eigenvalue weighted by molar-refractivity contribution is 7.99. The molecule has 1 saturated heterocycles. The van der Waals surface area contributed by atoms with E-state index in [1.54, 1.807) is 0 Å².